The number of carbonyl (C=O) groups excluding carboxylic acids is 1. The molecule has 0 radical (unpaired) electrons. The summed E-state index contributed by atoms with van der Waals surface area (Å²) in [6.45, 7) is 2.15. The third-order valence-corrected chi connectivity index (χ3v) is 4.90. The van der Waals surface area contributed by atoms with Gasteiger partial charge in [0.05, 0.1) is 12.2 Å². The van der Waals surface area contributed by atoms with Gasteiger partial charge in [0.15, 0.2) is 0 Å². The van der Waals surface area contributed by atoms with Crippen LogP contribution in [0.4, 0.5) is 0 Å². The van der Waals surface area contributed by atoms with E-state index < -0.39 is 0 Å². The van der Waals surface area contributed by atoms with Crippen LogP contribution in [0.25, 0.3) is 0 Å². The van der Waals surface area contributed by atoms with E-state index in [-0.39, 0.29) is 5.97 Å². The Labute approximate surface area is 107 Å². The van der Waals surface area contributed by atoms with Gasteiger partial charge in [0.2, 0.25) is 0 Å². The summed E-state index contributed by atoms with van der Waals surface area (Å²) in [7, 11) is 0. The molecule has 14 heavy (non-hydrogen) atoms. The summed E-state index contributed by atoms with van der Waals surface area (Å²) >= 11 is 10.0. The molecule has 0 heterocycles. The van der Waals surface area contributed by atoms with Gasteiger partial charge in [-0.3, -0.25) is 0 Å². The third-order valence-electron chi connectivity index (χ3n) is 1.53. The highest BCUT2D eigenvalue weighted by molar-refractivity contribution is 9.14. The molecule has 0 aromatic heterocycles. The van der Waals surface area contributed by atoms with E-state index in [0.29, 0.717) is 16.6 Å². The Morgan fingerprint density at radius 2 is 1.93 bits per heavy atom. The topological polar surface area (TPSA) is 26.3 Å². The Morgan fingerprint density at radius 1 is 1.29 bits per heavy atom. The molecule has 0 atom stereocenters. The van der Waals surface area contributed by atoms with Crippen LogP contribution in [0.15, 0.2) is 25.6 Å². The van der Waals surface area contributed by atoms with Crippen LogP contribution < -0.4 is 0 Å². The van der Waals surface area contributed by atoms with E-state index in [2.05, 4.69) is 47.8 Å². The van der Waals surface area contributed by atoms with Crippen molar-refractivity contribution in [3.8, 4) is 0 Å². The zero-order chi connectivity index (χ0) is 10.7. The second-order valence-corrected chi connectivity index (χ2v) is 4.88. The SMILES string of the molecule is CCOC(=O)c1ccc(Br)c(Br)c1Br. The summed E-state index contributed by atoms with van der Waals surface area (Å²) in [6.07, 6.45) is 0. The van der Waals surface area contributed by atoms with Crippen molar-refractivity contribution in [2.45, 2.75) is 6.92 Å². The van der Waals surface area contributed by atoms with E-state index in [1.807, 2.05) is 0 Å². The molecule has 0 aliphatic heterocycles. The van der Waals surface area contributed by atoms with Crippen molar-refractivity contribution in [1.29, 1.82) is 0 Å². The monoisotopic (exact) mass is 384 g/mol. The molecular formula is C9H7Br3O2. The molecule has 76 valence electrons. The summed E-state index contributed by atoms with van der Waals surface area (Å²) < 4.78 is 7.29. The number of ether oxygens (including phenoxy) is 1. The van der Waals surface area contributed by atoms with E-state index in [4.69, 9.17) is 4.74 Å². The molecule has 0 fully saturated rings. The highest BCUT2D eigenvalue weighted by Gasteiger charge is 2.14. The Morgan fingerprint density at radius 3 is 2.50 bits per heavy atom. The van der Waals surface area contributed by atoms with Crippen LogP contribution in [-0.4, -0.2) is 12.6 Å². The Hall–Kier alpha value is 0.130. The minimum absolute atomic E-state index is 0.326. The van der Waals surface area contributed by atoms with Gasteiger partial charge in [-0.05, 0) is 66.8 Å². The number of hydrogen-bond donors (Lipinski definition) is 0. The average molecular weight is 387 g/mol. The Kier molecular flexibility index (Phi) is 4.60. The highest BCUT2D eigenvalue weighted by atomic mass is 79.9. The van der Waals surface area contributed by atoms with E-state index in [1.54, 1.807) is 19.1 Å². The summed E-state index contributed by atoms with van der Waals surface area (Å²) in [6, 6.07) is 3.50. The van der Waals surface area contributed by atoms with Gasteiger partial charge in [-0.2, -0.15) is 0 Å². The number of esters is 1. The lowest BCUT2D eigenvalue weighted by Crippen LogP contribution is -2.05. The molecule has 5 heteroatoms. The smallest absolute Gasteiger partial charge is 0.339 e. The maximum absolute atomic E-state index is 11.4. The van der Waals surface area contributed by atoms with Crippen LogP contribution in [0.2, 0.25) is 0 Å². The maximum atomic E-state index is 11.4. The fraction of sp³-hybridized carbons (Fsp3) is 0.222. The molecule has 0 aliphatic carbocycles. The van der Waals surface area contributed by atoms with Crippen molar-refractivity contribution in [2.75, 3.05) is 6.61 Å². The largest absolute Gasteiger partial charge is 0.462 e. The van der Waals surface area contributed by atoms with E-state index in [9.17, 15) is 4.79 Å². The first-order valence-corrected chi connectivity index (χ1v) is 6.26. The van der Waals surface area contributed by atoms with Gasteiger partial charge in [-0.25, -0.2) is 4.79 Å². The zero-order valence-corrected chi connectivity index (χ0v) is 12.1. The normalized spacial score (nSPS) is 10.0. The lowest BCUT2D eigenvalue weighted by atomic mass is 10.2. The van der Waals surface area contributed by atoms with Crippen molar-refractivity contribution < 1.29 is 9.53 Å². The number of halogens is 3. The molecule has 1 aromatic rings. The van der Waals surface area contributed by atoms with Crippen LogP contribution in [0, 0.1) is 0 Å². The molecule has 0 N–H and O–H groups in total. The molecule has 2 nitrogen and oxygen atoms in total. The fourth-order valence-corrected chi connectivity index (χ4v) is 2.34. The highest BCUT2D eigenvalue weighted by Crippen LogP contribution is 2.33. The number of carbonyl (C=O) groups is 1. The van der Waals surface area contributed by atoms with Crippen LogP contribution in [0.3, 0.4) is 0 Å². The predicted molar refractivity (Wildman–Crippen MR) is 65.5 cm³/mol. The van der Waals surface area contributed by atoms with Gasteiger partial charge < -0.3 is 4.74 Å². The molecule has 0 saturated heterocycles. The Balaban J connectivity index is 3.11. The zero-order valence-electron chi connectivity index (χ0n) is 7.31. The van der Waals surface area contributed by atoms with E-state index in [0.717, 1.165) is 8.95 Å². The second kappa shape index (κ2) is 5.28. The number of rotatable bonds is 2. The summed E-state index contributed by atoms with van der Waals surface area (Å²) in [5.41, 5.74) is 0.516. The van der Waals surface area contributed by atoms with Crippen molar-refractivity contribution in [2.24, 2.45) is 0 Å². The first-order chi connectivity index (χ1) is 6.57. The second-order valence-electron chi connectivity index (χ2n) is 2.44. The lowest BCUT2D eigenvalue weighted by molar-refractivity contribution is 0.0525. The quantitative estimate of drug-likeness (QED) is 0.563. The van der Waals surface area contributed by atoms with Gasteiger partial charge in [-0.1, -0.05) is 0 Å². The lowest BCUT2D eigenvalue weighted by Gasteiger charge is -2.06. The molecule has 1 rings (SSSR count). The molecular weight excluding hydrogens is 380 g/mol. The summed E-state index contributed by atoms with van der Waals surface area (Å²) in [4.78, 5) is 11.4. The van der Waals surface area contributed by atoms with Crippen LogP contribution in [-0.2, 0) is 4.74 Å². The molecule has 0 unspecified atom stereocenters. The summed E-state index contributed by atoms with van der Waals surface area (Å²) in [5.74, 6) is -0.326. The van der Waals surface area contributed by atoms with Crippen molar-refractivity contribution in [3.63, 3.8) is 0 Å². The van der Waals surface area contributed by atoms with Crippen LogP contribution in [0.5, 0.6) is 0 Å². The average Bonchev–Trinajstić information content (AvgIpc) is 2.15. The molecule has 0 saturated carbocycles. The molecule has 1 aromatic carbocycles. The van der Waals surface area contributed by atoms with E-state index in [1.165, 1.54) is 0 Å². The van der Waals surface area contributed by atoms with Gasteiger partial charge in [0, 0.05) is 13.4 Å². The van der Waals surface area contributed by atoms with Gasteiger partial charge >= 0.3 is 5.97 Å². The Bertz CT molecular complexity index is 363. The number of hydrogen-bond acceptors (Lipinski definition) is 2. The number of benzene rings is 1. The van der Waals surface area contributed by atoms with Crippen molar-refractivity contribution >= 4 is 53.8 Å². The van der Waals surface area contributed by atoms with Crippen LogP contribution in [0.1, 0.15) is 17.3 Å². The first kappa shape index (κ1) is 12.2. The van der Waals surface area contributed by atoms with Gasteiger partial charge in [-0.15, -0.1) is 0 Å². The minimum atomic E-state index is -0.326. The summed E-state index contributed by atoms with van der Waals surface area (Å²) in [5, 5.41) is 0. The minimum Gasteiger partial charge on any atom is -0.462 e. The molecule has 0 bridgehead atoms. The van der Waals surface area contributed by atoms with Crippen molar-refractivity contribution in [1.82, 2.24) is 0 Å². The predicted octanol–water partition coefficient (Wildman–Crippen LogP) is 4.15. The van der Waals surface area contributed by atoms with E-state index >= 15 is 0 Å². The maximum Gasteiger partial charge on any atom is 0.339 e. The standard InChI is InChI=1S/C9H7Br3O2/c1-2-14-9(13)5-3-4-6(10)8(12)7(5)11/h3-4H,2H2,1H3. The first-order valence-electron chi connectivity index (χ1n) is 3.88. The van der Waals surface area contributed by atoms with Gasteiger partial charge in [0.1, 0.15) is 0 Å². The molecule has 0 amide bonds. The van der Waals surface area contributed by atoms with Gasteiger partial charge in [0.25, 0.3) is 0 Å². The molecule has 0 spiro atoms. The van der Waals surface area contributed by atoms with Crippen molar-refractivity contribution in [3.05, 3.63) is 31.1 Å². The fourth-order valence-electron chi connectivity index (χ4n) is 0.892. The third kappa shape index (κ3) is 2.58. The van der Waals surface area contributed by atoms with Crippen LogP contribution >= 0.6 is 47.8 Å². The molecule has 0 aliphatic rings.